The van der Waals surface area contributed by atoms with Gasteiger partial charge in [-0.3, -0.25) is 14.4 Å². The SMILES string of the molecule is CCOC(=O)C1CCN(c2c(N3CCN(C(=O)OCC)CC3)c(=O)c2=O)CC1. The van der Waals surface area contributed by atoms with Gasteiger partial charge in [-0.15, -0.1) is 0 Å². The molecule has 0 N–H and O–H groups in total. The highest BCUT2D eigenvalue weighted by Gasteiger charge is 2.35. The molecular formula is C19H27N3O6. The predicted octanol–water partition coefficient (Wildman–Crippen LogP) is 0.341. The summed E-state index contributed by atoms with van der Waals surface area (Å²) in [5, 5.41) is 0. The van der Waals surface area contributed by atoms with Crippen molar-refractivity contribution in [2.24, 2.45) is 5.92 Å². The fourth-order valence-electron chi connectivity index (χ4n) is 3.88. The van der Waals surface area contributed by atoms with Gasteiger partial charge in [-0.1, -0.05) is 0 Å². The third-order valence-corrected chi connectivity index (χ3v) is 5.41. The Bertz CT molecular complexity index is 718. The molecule has 154 valence electrons. The second-order valence-corrected chi connectivity index (χ2v) is 7.04. The molecule has 3 rings (SSSR count). The maximum absolute atomic E-state index is 12.2. The van der Waals surface area contributed by atoms with E-state index in [0.717, 1.165) is 0 Å². The number of anilines is 2. The van der Waals surface area contributed by atoms with Crippen LogP contribution in [0.15, 0.2) is 9.59 Å². The van der Waals surface area contributed by atoms with Crippen molar-refractivity contribution in [3.63, 3.8) is 0 Å². The summed E-state index contributed by atoms with van der Waals surface area (Å²) < 4.78 is 10.1. The third-order valence-electron chi connectivity index (χ3n) is 5.41. The van der Waals surface area contributed by atoms with Crippen LogP contribution in [0, 0.1) is 5.92 Å². The Labute approximate surface area is 163 Å². The Morgan fingerprint density at radius 2 is 1.32 bits per heavy atom. The summed E-state index contributed by atoms with van der Waals surface area (Å²) in [7, 11) is 0. The summed E-state index contributed by atoms with van der Waals surface area (Å²) in [6.07, 6.45) is 0.856. The molecule has 1 aromatic rings. The van der Waals surface area contributed by atoms with E-state index >= 15 is 0 Å². The van der Waals surface area contributed by atoms with Gasteiger partial charge in [-0.25, -0.2) is 4.79 Å². The fraction of sp³-hybridized carbons (Fsp3) is 0.684. The Morgan fingerprint density at radius 3 is 1.82 bits per heavy atom. The molecule has 0 unspecified atom stereocenters. The number of piperazine rings is 1. The summed E-state index contributed by atoms with van der Waals surface area (Å²) >= 11 is 0. The Kier molecular flexibility index (Phi) is 6.21. The van der Waals surface area contributed by atoms with Gasteiger partial charge in [0.15, 0.2) is 0 Å². The molecule has 1 amide bonds. The van der Waals surface area contributed by atoms with Crippen LogP contribution in [-0.4, -0.2) is 69.4 Å². The molecule has 2 saturated heterocycles. The smallest absolute Gasteiger partial charge is 0.409 e. The first-order valence-corrected chi connectivity index (χ1v) is 9.89. The third kappa shape index (κ3) is 3.83. The minimum absolute atomic E-state index is 0.153. The second-order valence-electron chi connectivity index (χ2n) is 7.04. The average Bonchev–Trinajstić information content (AvgIpc) is 2.72. The first-order chi connectivity index (χ1) is 13.5. The number of amides is 1. The number of nitrogens with zero attached hydrogens (tertiary/aromatic N) is 3. The first-order valence-electron chi connectivity index (χ1n) is 9.89. The zero-order chi connectivity index (χ0) is 20.3. The van der Waals surface area contributed by atoms with E-state index in [0.29, 0.717) is 76.7 Å². The molecule has 28 heavy (non-hydrogen) atoms. The maximum atomic E-state index is 12.2. The van der Waals surface area contributed by atoms with Crippen molar-refractivity contribution in [3.05, 3.63) is 20.4 Å². The predicted molar refractivity (Wildman–Crippen MR) is 104 cm³/mol. The average molecular weight is 393 g/mol. The van der Waals surface area contributed by atoms with Gasteiger partial charge in [0.05, 0.1) is 19.1 Å². The van der Waals surface area contributed by atoms with Crippen LogP contribution in [0.4, 0.5) is 16.2 Å². The van der Waals surface area contributed by atoms with Crippen LogP contribution in [0.5, 0.6) is 0 Å². The van der Waals surface area contributed by atoms with Crippen molar-refractivity contribution in [1.29, 1.82) is 0 Å². The largest absolute Gasteiger partial charge is 0.466 e. The molecule has 2 aliphatic rings. The van der Waals surface area contributed by atoms with E-state index in [1.165, 1.54) is 0 Å². The lowest BCUT2D eigenvalue weighted by Gasteiger charge is -2.39. The maximum Gasteiger partial charge on any atom is 0.409 e. The van der Waals surface area contributed by atoms with Crippen LogP contribution in [0.25, 0.3) is 0 Å². The Hall–Kier alpha value is -2.58. The van der Waals surface area contributed by atoms with Crippen molar-refractivity contribution in [2.45, 2.75) is 26.7 Å². The number of carbonyl (C=O) groups excluding carboxylic acids is 2. The number of ether oxygens (including phenoxy) is 2. The molecule has 0 radical (unpaired) electrons. The molecule has 2 fully saturated rings. The summed E-state index contributed by atoms with van der Waals surface area (Å²) in [6.45, 7) is 7.17. The van der Waals surface area contributed by atoms with Crippen molar-refractivity contribution in [3.8, 4) is 0 Å². The number of carbonyl (C=O) groups is 2. The molecule has 0 atom stereocenters. The van der Waals surface area contributed by atoms with Gasteiger partial charge in [0.25, 0.3) is 10.9 Å². The van der Waals surface area contributed by atoms with Gasteiger partial charge in [0, 0.05) is 39.3 Å². The van der Waals surface area contributed by atoms with Gasteiger partial charge in [0.2, 0.25) is 0 Å². The van der Waals surface area contributed by atoms with Crippen molar-refractivity contribution in [1.82, 2.24) is 4.90 Å². The topological polar surface area (TPSA) is 96.5 Å². The molecule has 9 heteroatoms. The minimum Gasteiger partial charge on any atom is -0.466 e. The van der Waals surface area contributed by atoms with Crippen molar-refractivity contribution < 1.29 is 19.1 Å². The van der Waals surface area contributed by atoms with E-state index in [2.05, 4.69) is 0 Å². The monoisotopic (exact) mass is 393 g/mol. The molecule has 0 aromatic heterocycles. The van der Waals surface area contributed by atoms with Crippen LogP contribution in [0.1, 0.15) is 26.7 Å². The lowest BCUT2D eigenvalue weighted by molar-refractivity contribution is -0.148. The molecule has 2 heterocycles. The minimum atomic E-state index is -0.466. The van der Waals surface area contributed by atoms with Crippen LogP contribution in [-0.2, 0) is 14.3 Å². The van der Waals surface area contributed by atoms with E-state index in [4.69, 9.17) is 9.47 Å². The second kappa shape index (κ2) is 8.62. The standard InChI is InChI=1S/C19H27N3O6/c1-3-27-18(25)13-5-7-20(8-6-13)14-15(17(24)16(14)23)21-9-11-22(12-10-21)19(26)28-4-2/h13H,3-12H2,1-2H3. The van der Waals surface area contributed by atoms with Gasteiger partial charge in [-0.2, -0.15) is 0 Å². The number of piperidine rings is 1. The lowest BCUT2D eigenvalue weighted by atomic mass is 9.95. The molecule has 1 aromatic carbocycles. The number of esters is 1. The summed E-state index contributed by atoms with van der Waals surface area (Å²) in [4.78, 5) is 53.6. The molecule has 0 spiro atoms. The first kappa shape index (κ1) is 20.2. The Balaban J connectivity index is 1.63. The summed E-state index contributed by atoms with van der Waals surface area (Å²) in [6, 6.07) is 0. The van der Waals surface area contributed by atoms with Crippen molar-refractivity contribution >= 4 is 23.4 Å². The van der Waals surface area contributed by atoms with Crippen LogP contribution in [0.3, 0.4) is 0 Å². The normalized spacial score (nSPS) is 18.4. The van der Waals surface area contributed by atoms with E-state index in [1.54, 1.807) is 18.7 Å². The fourth-order valence-corrected chi connectivity index (χ4v) is 3.88. The van der Waals surface area contributed by atoms with Gasteiger partial charge in [-0.05, 0) is 26.7 Å². The van der Waals surface area contributed by atoms with Gasteiger partial charge >= 0.3 is 12.1 Å². The summed E-state index contributed by atoms with van der Waals surface area (Å²) in [5.74, 6) is -0.346. The Morgan fingerprint density at radius 1 is 0.821 bits per heavy atom. The number of hydrogen-bond donors (Lipinski definition) is 0. The van der Waals surface area contributed by atoms with Crippen LogP contribution >= 0.6 is 0 Å². The lowest BCUT2D eigenvalue weighted by Crippen LogP contribution is -2.54. The quantitative estimate of drug-likeness (QED) is 0.522. The van der Waals surface area contributed by atoms with Gasteiger partial charge in [0.1, 0.15) is 11.4 Å². The van der Waals surface area contributed by atoms with Crippen LogP contribution < -0.4 is 20.7 Å². The molecule has 9 nitrogen and oxygen atoms in total. The summed E-state index contributed by atoms with van der Waals surface area (Å²) in [5.41, 5.74) is -0.0236. The van der Waals surface area contributed by atoms with E-state index in [1.807, 2.05) is 9.80 Å². The van der Waals surface area contributed by atoms with Crippen LogP contribution in [0.2, 0.25) is 0 Å². The molecule has 2 aliphatic heterocycles. The van der Waals surface area contributed by atoms with E-state index < -0.39 is 10.9 Å². The molecular weight excluding hydrogens is 366 g/mol. The number of hydrogen-bond acceptors (Lipinski definition) is 8. The van der Waals surface area contributed by atoms with E-state index in [-0.39, 0.29) is 18.0 Å². The van der Waals surface area contributed by atoms with Crippen molar-refractivity contribution in [2.75, 3.05) is 62.3 Å². The van der Waals surface area contributed by atoms with E-state index in [9.17, 15) is 19.2 Å². The highest BCUT2D eigenvalue weighted by atomic mass is 16.6. The number of rotatable bonds is 5. The highest BCUT2D eigenvalue weighted by Crippen LogP contribution is 2.29. The highest BCUT2D eigenvalue weighted by molar-refractivity contribution is 5.78. The zero-order valence-corrected chi connectivity index (χ0v) is 16.4. The molecule has 0 saturated carbocycles. The molecule has 0 bridgehead atoms. The van der Waals surface area contributed by atoms with Gasteiger partial charge < -0.3 is 24.2 Å². The zero-order valence-electron chi connectivity index (χ0n) is 16.4. The molecule has 0 aliphatic carbocycles.